The highest BCUT2D eigenvalue weighted by molar-refractivity contribution is 5.58. The summed E-state index contributed by atoms with van der Waals surface area (Å²) in [7, 11) is 0. The Morgan fingerprint density at radius 3 is 2.18 bits per heavy atom. The van der Waals surface area contributed by atoms with Crippen molar-refractivity contribution in [2.75, 3.05) is 23.7 Å². The molecule has 0 amide bonds. The molecular formula is C19H26N2O. The Balaban J connectivity index is 1.89. The van der Waals surface area contributed by atoms with Crippen LogP contribution in [0.25, 0.3) is 0 Å². The van der Waals surface area contributed by atoms with E-state index in [2.05, 4.69) is 48.7 Å². The molecule has 0 saturated heterocycles. The Morgan fingerprint density at radius 1 is 0.864 bits per heavy atom. The molecule has 2 aromatic carbocycles. The molecule has 0 aliphatic carbocycles. The zero-order valence-electron chi connectivity index (χ0n) is 13.9. The molecule has 2 N–H and O–H groups in total. The third kappa shape index (κ3) is 4.42. The van der Waals surface area contributed by atoms with Crippen LogP contribution in [0.4, 0.5) is 11.4 Å². The summed E-state index contributed by atoms with van der Waals surface area (Å²) in [5, 5.41) is 6.95. The monoisotopic (exact) mass is 298 g/mol. The molecular weight excluding hydrogens is 272 g/mol. The maximum atomic E-state index is 5.82. The van der Waals surface area contributed by atoms with Gasteiger partial charge in [-0.3, -0.25) is 0 Å². The molecule has 0 heterocycles. The Labute approximate surface area is 133 Å². The lowest BCUT2D eigenvalue weighted by Crippen LogP contribution is -2.16. The highest BCUT2D eigenvalue weighted by atomic mass is 16.5. The molecule has 0 radical (unpaired) electrons. The average molecular weight is 298 g/mol. The van der Waals surface area contributed by atoms with E-state index in [0.717, 1.165) is 24.5 Å². The lowest BCUT2D eigenvalue weighted by molar-refractivity contribution is 0.243. The van der Waals surface area contributed by atoms with Gasteiger partial charge in [0.25, 0.3) is 0 Å². The molecule has 0 saturated carbocycles. The molecule has 0 aromatic heterocycles. The molecule has 2 aromatic rings. The van der Waals surface area contributed by atoms with Crippen LogP contribution in [-0.4, -0.2) is 19.2 Å². The second-order valence-corrected chi connectivity index (χ2v) is 5.78. The number of ether oxygens (including phenoxy) is 1. The predicted octanol–water partition coefficient (Wildman–Crippen LogP) is 4.61. The third-order valence-electron chi connectivity index (χ3n) is 3.47. The average Bonchev–Trinajstić information content (AvgIpc) is 2.47. The fourth-order valence-corrected chi connectivity index (χ4v) is 2.45. The molecule has 118 valence electrons. The van der Waals surface area contributed by atoms with Gasteiger partial charge in [0.15, 0.2) is 0 Å². The maximum Gasteiger partial charge on any atom is 0.142 e. The van der Waals surface area contributed by atoms with Crippen molar-refractivity contribution in [3.05, 3.63) is 53.6 Å². The SMILES string of the molecule is Cc1cccc(C)c1NCCNc1ccccc1OC(C)C. The Bertz CT molecular complexity index is 588. The number of benzene rings is 2. The summed E-state index contributed by atoms with van der Waals surface area (Å²) in [5.41, 5.74) is 4.84. The van der Waals surface area contributed by atoms with Gasteiger partial charge in [0.05, 0.1) is 11.8 Å². The van der Waals surface area contributed by atoms with Crippen LogP contribution in [0, 0.1) is 13.8 Å². The summed E-state index contributed by atoms with van der Waals surface area (Å²) < 4.78 is 5.82. The van der Waals surface area contributed by atoms with Gasteiger partial charge in [0.2, 0.25) is 0 Å². The molecule has 2 rings (SSSR count). The van der Waals surface area contributed by atoms with E-state index in [0.29, 0.717) is 0 Å². The normalized spacial score (nSPS) is 10.6. The van der Waals surface area contributed by atoms with Crippen LogP contribution in [-0.2, 0) is 0 Å². The van der Waals surface area contributed by atoms with Crippen LogP contribution in [0.2, 0.25) is 0 Å². The van der Waals surface area contributed by atoms with Crippen LogP contribution < -0.4 is 15.4 Å². The van der Waals surface area contributed by atoms with E-state index < -0.39 is 0 Å². The first-order chi connectivity index (χ1) is 10.6. The van der Waals surface area contributed by atoms with Gasteiger partial charge in [0, 0.05) is 18.8 Å². The summed E-state index contributed by atoms with van der Waals surface area (Å²) in [6, 6.07) is 14.4. The molecule has 3 nitrogen and oxygen atoms in total. The minimum Gasteiger partial charge on any atom is -0.489 e. The minimum atomic E-state index is 0.177. The van der Waals surface area contributed by atoms with Crippen molar-refractivity contribution < 1.29 is 4.74 Å². The fraction of sp³-hybridized carbons (Fsp3) is 0.368. The fourth-order valence-electron chi connectivity index (χ4n) is 2.45. The van der Waals surface area contributed by atoms with Gasteiger partial charge in [-0.1, -0.05) is 30.3 Å². The Hall–Kier alpha value is -2.16. The van der Waals surface area contributed by atoms with Gasteiger partial charge < -0.3 is 15.4 Å². The summed E-state index contributed by atoms with van der Waals surface area (Å²) >= 11 is 0. The first-order valence-electron chi connectivity index (χ1n) is 7.87. The van der Waals surface area contributed by atoms with Crippen molar-refractivity contribution in [3.63, 3.8) is 0 Å². The standard InChI is InChI=1S/C19H26N2O/c1-14(2)22-18-11-6-5-10-17(18)20-12-13-21-19-15(3)8-7-9-16(19)4/h5-11,14,20-21H,12-13H2,1-4H3. The van der Waals surface area contributed by atoms with Crippen molar-refractivity contribution in [3.8, 4) is 5.75 Å². The summed E-state index contributed by atoms with van der Waals surface area (Å²) in [6.07, 6.45) is 0.177. The van der Waals surface area contributed by atoms with E-state index in [1.807, 2.05) is 32.0 Å². The first kappa shape index (κ1) is 16.2. The molecule has 0 aliphatic heterocycles. The lowest BCUT2D eigenvalue weighted by atomic mass is 10.1. The number of hydrogen-bond donors (Lipinski definition) is 2. The van der Waals surface area contributed by atoms with Gasteiger partial charge in [-0.05, 0) is 51.0 Å². The second kappa shape index (κ2) is 7.74. The maximum absolute atomic E-state index is 5.82. The summed E-state index contributed by atoms with van der Waals surface area (Å²) in [5.74, 6) is 0.907. The van der Waals surface area contributed by atoms with Crippen molar-refractivity contribution in [1.82, 2.24) is 0 Å². The van der Waals surface area contributed by atoms with Crippen LogP contribution in [0.3, 0.4) is 0 Å². The van der Waals surface area contributed by atoms with E-state index in [-0.39, 0.29) is 6.10 Å². The van der Waals surface area contributed by atoms with Crippen LogP contribution >= 0.6 is 0 Å². The number of hydrogen-bond acceptors (Lipinski definition) is 3. The summed E-state index contributed by atoms with van der Waals surface area (Å²) in [4.78, 5) is 0. The van der Waals surface area contributed by atoms with Crippen molar-refractivity contribution in [1.29, 1.82) is 0 Å². The van der Waals surface area contributed by atoms with E-state index in [4.69, 9.17) is 4.74 Å². The molecule has 22 heavy (non-hydrogen) atoms. The largest absolute Gasteiger partial charge is 0.489 e. The Kier molecular flexibility index (Phi) is 5.70. The lowest BCUT2D eigenvalue weighted by Gasteiger charge is -2.16. The van der Waals surface area contributed by atoms with Gasteiger partial charge in [0.1, 0.15) is 5.75 Å². The quantitative estimate of drug-likeness (QED) is 0.732. The zero-order valence-corrected chi connectivity index (χ0v) is 13.9. The van der Waals surface area contributed by atoms with Crippen molar-refractivity contribution >= 4 is 11.4 Å². The van der Waals surface area contributed by atoms with E-state index in [1.54, 1.807) is 0 Å². The predicted molar refractivity (Wildman–Crippen MR) is 95.1 cm³/mol. The molecule has 0 aliphatic rings. The molecule has 0 spiro atoms. The highest BCUT2D eigenvalue weighted by Crippen LogP contribution is 2.24. The molecule has 3 heteroatoms. The van der Waals surface area contributed by atoms with E-state index >= 15 is 0 Å². The van der Waals surface area contributed by atoms with E-state index in [9.17, 15) is 0 Å². The van der Waals surface area contributed by atoms with E-state index in [1.165, 1.54) is 16.8 Å². The number of para-hydroxylation sites is 3. The number of aryl methyl sites for hydroxylation is 2. The third-order valence-corrected chi connectivity index (χ3v) is 3.47. The number of rotatable bonds is 7. The zero-order chi connectivity index (χ0) is 15.9. The second-order valence-electron chi connectivity index (χ2n) is 5.78. The van der Waals surface area contributed by atoms with Crippen LogP contribution in [0.5, 0.6) is 5.75 Å². The van der Waals surface area contributed by atoms with Gasteiger partial charge >= 0.3 is 0 Å². The van der Waals surface area contributed by atoms with Crippen molar-refractivity contribution in [2.24, 2.45) is 0 Å². The number of nitrogens with one attached hydrogen (secondary N) is 2. The summed E-state index contributed by atoms with van der Waals surface area (Å²) in [6.45, 7) is 10.1. The topological polar surface area (TPSA) is 33.3 Å². The van der Waals surface area contributed by atoms with Gasteiger partial charge in [-0.2, -0.15) is 0 Å². The van der Waals surface area contributed by atoms with Crippen LogP contribution in [0.1, 0.15) is 25.0 Å². The molecule has 0 fully saturated rings. The molecule has 0 bridgehead atoms. The molecule has 0 unspecified atom stereocenters. The first-order valence-corrected chi connectivity index (χ1v) is 7.87. The minimum absolute atomic E-state index is 0.177. The Morgan fingerprint density at radius 2 is 1.50 bits per heavy atom. The van der Waals surface area contributed by atoms with Gasteiger partial charge in [-0.15, -0.1) is 0 Å². The molecule has 0 atom stereocenters. The smallest absolute Gasteiger partial charge is 0.142 e. The highest BCUT2D eigenvalue weighted by Gasteiger charge is 2.04. The number of anilines is 2. The van der Waals surface area contributed by atoms with Crippen LogP contribution in [0.15, 0.2) is 42.5 Å². The van der Waals surface area contributed by atoms with Gasteiger partial charge in [-0.25, -0.2) is 0 Å². The van der Waals surface area contributed by atoms with Crippen molar-refractivity contribution in [2.45, 2.75) is 33.8 Å².